The zero-order chi connectivity index (χ0) is 23.0. The molecule has 0 aromatic heterocycles. The molecule has 1 aliphatic carbocycles. The molecule has 2 aromatic carbocycles. The van der Waals surface area contributed by atoms with Gasteiger partial charge in [-0.2, -0.15) is 0 Å². The molecule has 7 heteroatoms. The van der Waals surface area contributed by atoms with Crippen LogP contribution in [0.25, 0.3) is 10.4 Å². The Bertz CT molecular complexity index is 886. The third kappa shape index (κ3) is 7.14. The fraction of sp³-hybridized carbons (Fsp3) is 0.520. The summed E-state index contributed by atoms with van der Waals surface area (Å²) in [6.07, 6.45) is 4.99. The summed E-state index contributed by atoms with van der Waals surface area (Å²) in [5.74, 6) is 1.40. The van der Waals surface area contributed by atoms with Crippen molar-refractivity contribution in [2.75, 3.05) is 13.1 Å². The van der Waals surface area contributed by atoms with Crippen molar-refractivity contribution in [2.24, 2.45) is 22.8 Å². The smallest absolute Gasteiger partial charge is 0.137 e. The Morgan fingerprint density at radius 1 is 1.00 bits per heavy atom. The lowest BCUT2D eigenvalue weighted by Crippen LogP contribution is -2.32. The van der Waals surface area contributed by atoms with Crippen molar-refractivity contribution in [3.63, 3.8) is 0 Å². The molecule has 0 unspecified atom stereocenters. The Hall–Kier alpha value is -2.24. The zero-order valence-electron chi connectivity index (χ0n) is 19.1. The van der Waals surface area contributed by atoms with Gasteiger partial charge in [0.25, 0.3) is 0 Å². The third-order valence-electron chi connectivity index (χ3n) is 6.50. The molecular weight excluding hydrogens is 422 g/mol. The molecule has 0 bridgehead atoms. The van der Waals surface area contributed by atoms with Crippen LogP contribution in [0.3, 0.4) is 0 Å². The van der Waals surface area contributed by atoms with E-state index < -0.39 is 5.60 Å². The molecule has 0 amide bonds. The molecule has 0 saturated heterocycles. The van der Waals surface area contributed by atoms with Crippen molar-refractivity contribution in [3.8, 4) is 0 Å². The predicted molar refractivity (Wildman–Crippen MR) is 130 cm³/mol. The molecular formula is C25H34ClN5O. The van der Waals surface area contributed by atoms with Gasteiger partial charge in [-0.25, -0.2) is 0 Å². The summed E-state index contributed by atoms with van der Waals surface area (Å²) >= 11 is 6.08. The van der Waals surface area contributed by atoms with Gasteiger partial charge in [-0.15, -0.1) is 0 Å². The highest BCUT2D eigenvalue weighted by molar-refractivity contribution is 6.30. The quantitative estimate of drug-likeness (QED) is 0.190. The SMILES string of the molecule is CC(C)(ON=[N+]=[N-])c1ccc(CN(Cc2ccc(Cl)cc2)CC2CCC(CN)CC2)cc1. The van der Waals surface area contributed by atoms with Crippen molar-refractivity contribution in [1.29, 1.82) is 0 Å². The highest BCUT2D eigenvalue weighted by atomic mass is 35.5. The topological polar surface area (TPSA) is 87.2 Å². The Labute approximate surface area is 196 Å². The lowest BCUT2D eigenvalue weighted by molar-refractivity contribution is -0.0223. The molecule has 0 spiro atoms. The number of benzene rings is 2. The molecule has 6 nitrogen and oxygen atoms in total. The van der Waals surface area contributed by atoms with E-state index in [4.69, 9.17) is 27.7 Å². The predicted octanol–water partition coefficient (Wildman–Crippen LogP) is 6.58. The van der Waals surface area contributed by atoms with Gasteiger partial charge < -0.3 is 10.6 Å². The second kappa shape index (κ2) is 11.6. The number of halogens is 1. The van der Waals surface area contributed by atoms with Gasteiger partial charge in [-0.3, -0.25) is 4.90 Å². The molecule has 172 valence electrons. The minimum atomic E-state index is -0.671. The summed E-state index contributed by atoms with van der Waals surface area (Å²) in [5.41, 5.74) is 17.2. The lowest BCUT2D eigenvalue weighted by atomic mass is 9.82. The van der Waals surface area contributed by atoms with E-state index in [2.05, 4.69) is 51.5 Å². The van der Waals surface area contributed by atoms with Crippen molar-refractivity contribution in [3.05, 3.63) is 80.7 Å². The Morgan fingerprint density at radius 3 is 2.06 bits per heavy atom. The van der Waals surface area contributed by atoms with E-state index in [-0.39, 0.29) is 0 Å². The van der Waals surface area contributed by atoms with E-state index in [1.807, 2.05) is 26.0 Å². The third-order valence-corrected chi connectivity index (χ3v) is 6.75. The first-order chi connectivity index (χ1) is 15.4. The molecule has 1 fully saturated rings. The summed E-state index contributed by atoms with van der Waals surface area (Å²) in [4.78, 5) is 10.5. The van der Waals surface area contributed by atoms with Crippen LogP contribution in [0.4, 0.5) is 0 Å². The first-order valence-electron chi connectivity index (χ1n) is 11.4. The zero-order valence-corrected chi connectivity index (χ0v) is 19.8. The average molecular weight is 456 g/mol. The lowest BCUT2D eigenvalue weighted by Gasteiger charge is -2.32. The van der Waals surface area contributed by atoms with E-state index in [9.17, 15) is 0 Å². The Morgan fingerprint density at radius 2 is 1.53 bits per heavy atom. The van der Waals surface area contributed by atoms with Gasteiger partial charge in [0.15, 0.2) is 0 Å². The van der Waals surface area contributed by atoms with E-state index in [0.29, 0.717) is 11.8 Å². The number of rotatable bonds is 10. The molecule has 32 heavy (non-hydrogen) atoms. The molecule has 0 heterocycles. The van der Waals surface area contributed by atoms with E-state index in [0.717, 1.165) is 36.8 Å². The second-order valence-electron chi connectivity index (χ2n) is 9.39. The van der Waals surface area contributed by atoms with Crippen LogP contribution in [0.15, 0.2) is 53.8 Å². The highest BCUT2D eigenvalue weighted by Crippen LogP contribution is 2.30. The maximum Gasteiger partial charge on any atom is 0.137 e. The minimum absolute atomic E-state index is 0.671. The second-order valence-corrected chi connectivity index (χ2v) is 9.82. The summed E-state index contributed by atoms with van der Waals surface area (Å²) < 4.78 is 0. The van der Waals surface area contributed by atoms with Gasteiger partial charge in [0, 0.05) is 29.6 Å². The highest BCUT2D eigenvalue weighted by Gasteiger charge is 2.24. The summed E-state index contributed by atoms with van der Waals surface area (Å²) in [5, 5.41) is 4.04. The number of azide groups is 1. The number of hydrogen-bond donors (Lipinski definition) is 1. The van der Waals surface area contributed by atoms with Crippen LogP contribution in [0, 0.1) is 11.8 Å². The maximum absolute atomic E-state index is 8.53. The molecule has 1 aliphatic rings. The summed E-state index contributed by atoms with van der Waals surface area (Å²) in [6.45, 7) is 7.43. The number of hydrogen-bond acceptors (Lipinski definition) is 4. The molecule has 0 radical (unpaired) electrons. The van der Waals surface area contributed by atoms with Gasteiger partial charge in [-0.05, 0) is 92.3 Å². The van der Waals surface area contributed by atoms with E-state index in [1.165, 1.54) is 36.8 Å². The van der Waals surface area contributed by atoms with E-state index in [1.54, 1.807) is 0 Å². The van der Waals surface area contributed by atoms with Crippen LogP contribution >= 0.6 is 11.6 Å². The molecule has 0 aliphatic heterocycles. The Balaban J connectivity index is 1.69. The van der Waals surface area contributed by atoms with Crippen molar-refractivity contribution < 1.29 is 4.84 Å². The van der Waals surface area contributed by atoms with Gasteiger partial charge in [0.05, 0.1) is 0 Å². The standard InChI is InChI=1S/C25H34ClN5O/c1-25(2,32-30-29-28)23-11-7-21(8-12-23)17-31(18-22-9-13-24(26)14-10-22)16-20-5-3-19(15-27)4-6-20/h7-14,19-20H,3-6,15-18,27H2,1-2H3. The summed E-state index contributed by atoms with van der Waals surface area (Å²) in [7, 11) is 0. The Kier molecular flexibility index (Phi) is 8.83. The molecule has 1 saturated carbocycles. The van der Waals surface area contributed by atoms with Gasteiger partial charge in [0.2, 0.25) is 0 Å². The fourth-order valence-electron chi connectivity index (χ4n) is 4.49. The van der Waals surface area contributed by atoms with Crippen molar-refractivity contribution in [1.82, 2.24) is 4.90 Å². The number of nitrogens with two attached hydrogens (primary N) is 1. The van der Waals surface area contributed by atoms with Gasteiger partial charge in [-0.1, -0.05) is 48.0 Å². The van der Waals surface area contributed by atoms with Crippen LogP contribution in [0.2, 0.25) is 5.02 Å². The van der Waals surface area contributed by atoms with Crippen LogP contribution in [0.5, 0.6) is 0 Å². The monoisotopic (exact) mass is 455 g/mol. The normalized spacial score (nSPS) is 18.9. The van der Waals surface area contributed by atoms with Crippen molar-refractivity contribution in [2.45, 2.75) is 58.2 Å². The van der Waals surface area contributed by atoms with Crippen LogP contribution in [-0.2, 0) is 23.5 Å². The van der Waals surface area contributed by atoms with Gasteiger partial charge >= 0.3 is 0 Å². The van der Waals surface area contributed by atoms with Crippen molar-refractivity contribution >= 4 is 11.6 Å². The number of nitrogens with zero attached hydrogens (tertiary/aromatic N) is 4. The largest absolute Gasteiger partial charge is 0.423 e. The minimum Gasteiger partial charge on any atom is -0.423 e. The molecule has 2 N–H and O–H groups in total. The molecule has 3 rings (SSSR count). The fourth-order valence-corrected chi connectivity index (χ4v) is 4.62. The average Bonchev–Trinajstić information content (AvgIpc) is 2.80. The first kappa shape index (κ1) is 24.4. The van der Waals surface area contributed by atoms with Gasteiger partial charge in [0.1, 0.15) is 10.9 Å². The van der Waals surface area contributed by atoms with Crippen LogP contribution < -0.4 is 5.73 Å². The molecule has 2 aromatic rings. The van der Waals surface area contributed by atoms with Crippen LogP contribution in [-0.4, -0.2) is 18.0 Å². The summed E-state index contributed by atoms with van der Waals surface area (Å²) in [6, 6.07) is 16.5. The maximum atomic E-state index is 8.53. The van der Waals surface area contributed by atoms with E-state index >= 15 is 0 Å². The van der Waals surface area contributed by atoms with Crippen LogP contribution in [0.1, 0.15) is 56.2 Å². The first-order valence-corrected chi connectivity index (χ1v) is 11.8. The molecule has 0 atom stereocenters.